The molecule has 2 rings (SSSR count). The second-order valence-corrected chi connectivity index (χ2v) is 7.83. The first-order valence-corrected chi connectivity index (χ1v) is 8.67. The van der Waals surface area contributed by atoms with Crippen LogP contribution < -0.4 is 5.32 Å². The third kappa shape index (κ3) is 5.71. The van der Waals surface area contributed by atoms with Gasteiger partial charge in [-0.05, 0) is 23.1 Å². The van der Waals surface area contributed by atoms with Gasteiger partial charge in [-0.3, -0.25) is 4.79 Å². The predicted octanol–water partition coefficient (Wildman–Crippen LogP) is 2.78. The molecule has 1 N–H and O–H groups in total. The molecule has 24 heavy (non-hydrogen) atoms. The largest absolute Gasteiger partial charge is 0.339 e. The van der Waals surface area contributed by atoms with Crippen molar-refractivity contribution < 1.29 is 9.59 Å². The summed E-state index contributed by atoms with van der Waals surface area (Å²) in [5.74, 6) is 0.0899. The van der Waals surface area contributed by atoms with Crippen LogP contribution in [0.1, 0.15) is 26.3 Å². The summed E-state index contributed by atoms with van der Waals surface area (Å²) < 4.78 is 0. The van der Waals surface area contributed by atoms with Crippen LogP contribution in [0.4, 0.5) is 4.79 Å². The van der Waals surface area contributed by atoms with E-state index >= 15 is 0 Å². The van der Waals surface area contributed by atoms with E-state index in [0.717, 1.165) is 5.56 Å². The highest BCUT2D eigenvalue weighted by molar-refractivity contribution is 6.30. The average molecular weight is 352 g/mol. The van der Waals surface area contributed by atoms with Gasteiger partial charge in [0.1, 0.15) is 0 Å². The van der Waals surface area contributed by atoms with Crippen molar-refractivity contribution in [2.75, 3.05) is 32.7 Å². The molecule has 0 spiro atoms. The van der Waals surface area contributed by atoms with Crippen molar-refractivity contribution in [1.82, 2.24) is 15.1 Å². The van der Waals surface area contributed by atoms with Crippen LogP contribution in [0.25, 0.3) is 0 Å². The van der Waals surface area contributed by atoms with Crippen LogP contribution in [0.5, 0.6) is 0 Å². The molecule has 0 saturated carbocycles. The Morgan fingerprint density at radius 1 is 1.04 bits per heavy atom. The Morgan fingerprint density at radius 2 is 1.58 bits per heavy atom. The minimum Gasteiger partial charge on any atom is -0.339 e. The van der Waals surface area contributed by atoms with Crippen LogP contribution in [-0.2, 0) is 11.2 Å². The molecule has 0 bridgehead atoms. The Kier molecular flexibility index (Phi) is 6.10. The van der Waals surface area contributed by atoms with Crippen molar-refractivity contribution >= 4 is 23.5 Å². The fourth-order valence-electron chi connectivity index (χ4n) is 2.50. The molecular formula is C18H26ClN3O2. The van der Waals surface area contributed by atoms with Crippen molar-refractivity contribution in [2.24, 2.45) is 5.41 Å². The van der Waals surface area contributed by atoms with Crippen LogP contribution in [0.15, 0.2) is 24.3 Å². The van der Waals surface area contributed by atoms with E-state index in [1.54, 1.807) is 17.0 Å². The summed E-state index contributed by atoms with van der Waals surface area (Å²) in [5.41, 5.74) is 1.02. The molecule has 1 saturated heterocycles. The lowest BCUT2D eigenvalue weighted by Gasteiger charge is -2.35. The maximum atomic E-state index is 12.4. The first kappa shape index (κ1) is 18.6. The fourth-order valence-corrected chi connectivity index (χ4v) is 2.63. The van der Waals surface area contributed by atoms with Crippen molar-refractivity contribution in [3.63, 3.8) is 0 Å². The van der Waals surface area contributed by atoms with Crippen molar-refractivity contribution in [3.05, 3.63) is 34.9 Å². The quantitative estimate of drug-likeness (QED) is 0.910. The summed E-state index contributed by atoms with van der Waals surface area (Å²) in [4.78, 5) is 28.1. The van der Waals surface area contributed by atoms with Crippen LogP contribution in [0.2, 0.25) is 5.02 Å². The van der Waals surface area contributed by atoms with E-state index in [-0.39, 0.29) is 17.4 Å². The molecule has 5 nitrogen and oxygen atoms in total. The first-order chi connectivity index (χ1) is 11.2. The number of urea groups is 1. The summed E-state index contributed by atoms with van der Waals surface area (Å²) in [7, 11) is 0. The zero-order chi connectivity index (χ0) is 17.7. The number of nitrogens with one attached hydrogen (secondary N) is 1. The van der Waals surface area contributed by atoms with Gasteiger partial charge in [0.15, 0.2) is 0 Å². The lowest BCUT2D eigenvalue weighted by molar-refractivity contribution is -0.131. The minimum absolute atomic E-state index is 0.0466. The maximum Gasteiger partial charge on any atom is 0.317 e. The Hall–Kier alpha value is -1.75. The first-order valence-electron chi connectivity index (χ1n) is 8.29. The maximum absolute atomic E-state index is 12.4. The van der Waals surface area contributed by atoms with E-state index in [4.69, 9.17) is 11.6 Å². The molecule has 1 fully saturated rings. The lowest BCUT2D eigenvalue weighted by Crippen LogP contribution is -2.54. The number of piperazine rings is 1. The van der Waals surface area contributed by atoms with Crippen LogP contribution in [-0.4, -0.2) is 54.5 Å². The van der Waals surface area contributed by atoms with Gasteiger partial charge in [-0.15, -0.1) is 0 Å². The summed E-state index contributed by atoms with van der Waals surface area (Å²) in [6.07, 6.45) is 0.368. The van der Waals surface area contributed by atoms with E-state index in [2.05, 4.69) is 26.1 Å². The monoisotopic (exact) mass is 351 g/mol. The van der Waals surface area contributed by atoms with E-state index < -0.39 is 0 Å². The molecule has 6 heteroatoms. The number of hydrogen-bond donors (Lipinski definition) is 1. The number of rotatable bonds is 3. The number of carbonyl (C=O) groups excluding carboxylic acids is 2. The van der Waals surface area contributed by atoms with Gasteiger partial charge in [-0.25, -0.2) is 4.79 Å². The zero-order valence-corrected chi connectivity index (χ0v) is 15.4. The fraction of sp³-hybridized carbons (Fsp3) is 0.556. The summed E-state index contributed by atoms with van der Waals surface area (Å²) >= 11 is 5.86. The van der Waals surface area contributed by atoms with E-state index in [1.807, 2.05) is 17.0 Å². The zero-order valence-electron chi connectivity index (χ0n) is 14.6. The molecule has 1 aromatic carbocycles. The van der Waals surface area contributed by atoms with Gasteiger partial charge in [0.2, 0.25) is 5.91 Å². The normalized spacial score (nSPS) is 15.3. The molecule has 0 radical (unpaired) electrons. The molecule has 1 heterocycles. The number of amides is 3. The van der Waals surface area contributed by atoms with Crippen LogP contribution in [0, 0.1) is 5.41 Å². The molecule has 0 unspecified atom stereocenters. The standard InChI is InChI=1S/C18H26ClN3O2/c1-18(2,3)13-20-17(24)22-10-8-21(9-11-22)16(23)12-14-4-6-15(19)7-5-14/h4-7H,8-13H2,1-3H3,(H,20,24). The minimum atomic E-state index is -0.0466. The number of nitrogens with zero attached hydrogens (tertiary/aromatic N) is 2. The topological polar surface area (TPSA) is 52.7 Å². The van der Waals surface area contributed by atoms with Crippen LogP contribution in [0.3, 0.4) is 0 Å². The SMILES string of the molecule is CC(C)(C)CNC(=O)N1CCN(C(=O)Cc2ccc(Cl)cc2)CC1. The summed E-state index contributed by atoms with van der Waals surface area (Å²) in [6, 6.07) is 7.28. The highest BCUT2D eigenvalue weighted by Crippen LogP contribution is 2.13. The van der Waals surface area contributed by atoms with Gasteiger partial charge in [0.25, 0.3) is 0 Å². The Balaban J connectivity index is 1.78. The molecule has 0 aliphatic carbocycles. The van der Waals surface area contributed by atoms with Gasteiger partial charge >= 0.3 is 6.03 Å². The van der Waals surface area contributed by atoms with Gasteiger partial charge in [0.05, 0.1) is 6.42 Å². The summed E-state index contributed by atoms with van der Waals surface area (Å²) in [6.45, 7) is 9.19. The smallest absolute Gasteiger partial charge is 0.317 e. The number of carbonyl (C=O) groups is 2. The Bertz CT molecular complexity index is 573. The highest BCUT2D eigenvalue weighted by Gasteiger charge is 2.24. The van der Waals surface area contributed by atoms with Crippen molar-refractivity contribution in [3.8, 4) is 0 Å². The molecular weight excluding hydrogens is 326 g/mol. The van der Waals surface area contributed by atoms with Gasteiger partial charge in [-0.1, -0.05) is 44.5 Å². The second kappa shape index (κ2) is 7.88. The molecule has 132 valence electrons. The second-order valence-electron chi connectivity index (χ2n) is 7.39. The number of hydrogen-bond acceptors (Lipinski definition) is 2. The third-order valence-corrected chi connectivity index (χ3v) is 4.21. The highest BCUT2D eigenvalue weighted by atomic mass is 35.5. The summed E-state index contributed by atoms with van der Waals surface area (Å²) in [5, 5.41) is 3.62. The van der Waals surface area contributed by atoms with Gasteiger partial charge in [-0.2, -0.15) is 0 Å². The molecule has 0 aromatic heterocycles. The number of halogens is 1. The predicted molar refractivity (Wildman–Crippen MR) is 96.2 cm³/mol. The molecule has 1 aliphatic heterocycles. The third-order valence-electron chi connectivity index (χ3n) is 3.96. The molecule has 0 atom stereocenters. The molecule has 1 aromatic rings. The Morgan fingerprint density at radius 3 is 2.12 bits per heavy atom. The molecule has 1 aliphatic rings. The number of benzene rings is 1. The Labute approximate surface area is 149 Å². The van der Waals surface area contributed by atoms with E-state index in [9.17, 15) is 9.59 Å². The van der Waals surface area contributed by atoms with Crippen molar-refractivity contribution in [2.45, 2.75) is 27.2 Å². The van der Waals surface area contributed by atoms with Gasteiger partial charge in [0, 0.05) is 37.7 Å². The molecule has 3 amide bonds. The van der Waals surface area contributed by atoms with Gasteiger partial charge < -0.3 is 15.1 Å². The van der Waals surface area contributed by atoms with E-state index in [1.165, 1.54) is 0 Å². The van der Waals surface area contributed by atoms with Crippen LogP contribution >= 0.6 is 11.6 Å². The lowest BCUT2D eigenvalue weighted by atomic mass is 9.97. The van der Waals surface area contributed by atoms with E-state index in [0.29, 0.717) is 44.2 Å². The van der Waals surface area contributed by atoms with Crippen molar-refractivity contribution in [1.29, 1.82) is 0 Å². The average Bonchev–Trinajstić information content (AvgIpc) is 2.54.